The molecule has 4 nitrogen and oxygen atoms in total. The first-order valence-electron chi connectivity index (χ1n) is 4.16. The fourth-order valence-corrected chi connectivity index (χ4v) is 2.11. The molecule has 0 bridgehead atoms. The molecule has 1 fully saturated rings. The van der Waals surface area contributed by atoms with E-state index in [0.29, 0.717) is 11.6 Å². The number of nitrogens with one attached hydrogen (secondary N) is 1. The summed E-state index contributed by atoms with van der Waals surface area (Å²) in [5, 5.41) is 3.55. The smallest absolute Gasteiger partial charge is 0.255 e. The highest BCUT2D eigenvalue weighted by atomic mass is 32.2. The molecule has 1 aliphatic heterocycles. The molecule has 1 amide bonds. The largest absolute Gasteiger partial charge is 0.440 e. The number of thioether (sulfide) groups is 1. The number of carbonyl (C=O) groups is 1. The van der Waals surface area contributed by atoms with Crippen LogP contribution in [0.2, 0.25) is 0 Å². The van der Waals surface area contributed by atoms with E-state index in [0.717, 1.165) is 12.2 Å². The Morgan fingerprint density at radius 2 is 2.69 bits per heavy atom. The van der Waals surface area contributed by atoms with Gasteiger partial charge in [-0.25, -0.2) is 4.98 Å². The molecule has 2 rings (SSSR count). The molecular weight excluding hydrogens is 188 g/mol. The Morgan fingerprint density at radius 1 is 1.77 bits per heavy atom. The molecule has 0 radical (unpaired) electrons. The SMILES string of the molecule is O=C1CCC(CSc2ncco2)N1. The topological polar surface area (TPSA) is 55.1 Å². The predicted octanol–water partition coefficient (Wildman–Crippen LogP) is 1.05. The average molecular weight is 198 g/mol. The number of oxazole rings is 1. The van der Waals surface area contributed by atoms with Crippen molar-refractivity contribution in [3.8, 4) is 0 Å². The van der Waals surface area contributed by atoms with Gasteiger partial charge in [0.25, 0.3) is 5.22 Å². The van der Waals surface area contributed by atoms with E-state index in [1.807, 2.05) is 0 Å². The molecule has 0 aliphatic carbocycles. The Bertz CT molecular complexity index is 286. The van der Waals surface area contributed by atoms with Gasteiger partial charge in [-0.2, -0.15) is 0 Å². The summed E-state index contributed by atoms with van der Waals surface area (Å²) in [6.45, 7) is 0. The predicted molar refractivity (Wildman–Crippen MR) is 48.4 cm³/mol. The molecule has 2 heterocycles. The third-order valence-electron chi connectivity index (χ3n) is 1.90. The van der Waals surface area contributed by atoms with Gasteiger partial charge in [-0.05, 0) is 6.42 Å². The van der Waals surface area contributed by atoms with Crippen molar-refractivity contribution in [2.45, 2.75) is 24.1 Å². The average Bonchev–Trinajstić information content (AvgIpc) is 2.71. The van der Waals surface area contributed by atoms with Gasteiger partial charge >= 0.3 is 0 Å². The second kappa shape index (κ2) is 3.83. The van der Waals surface area contributed by atoms with Crippen LogP contribution in [-0.2, 0) is 4.79 Å². The zero-order chi connectivity index (χ0) is 9.10. The zero-order valence-corrected chi connectivity index (χ0v) is 7.84. The second-order valence-corrected chi connectivity index (χ2v) is 3.88. The van der Waals surface area contributed by atoms with Gasteiger partial charge in [-0.15, -0.1) is 0 Å². The van der Waals surface area contributed by atoms with E-state index >= 15 is 0 Å². The van der Waals surface area contributed by atoms with Crippen LogP contribution in [0.5, 0.6) is 0 Å². The van der Waals surface area contributed by atoms with Crippen LogP contribution in [-0.4, -0.2) is 22.7 Å². The monoisotopic (exact) mass is 198 g/mol. The molecular formula is C8H10N2O2S. The third kappa shape index (κ3) is 2.24. The maximum absolute atomic E-state index is 10.9. The minimum Gasteiger partial charge on any atom is -0.440 e. The number of hydrogen-bond acceptors (Lipinski definition) is 4. The van der Waals surface area contributed by atoms with Gasteiger partial charge in [0.15, 0.2) is 0 Å². The number of amides is 1. The Morgan fingerprint density at radius 3 is 3.31 bits per heavy atom. The molecule has 5 heteroatoms. The van der Waals surface area contributed by atoms with E-state index in [-0.39, 0.29) is 11.9 Å². The molecule has 1 atom stereocenters. The van der Waals surface area contributed by atoms with Crippen LogP contribution in [0.4, 0.5) is 0 Å². The number of nitrogens with zero attached hydrogens (tertiary/aromatic N) is 1. The van der Waals surface area contributed by atoms with E-state index < -0.39 is 0 Å². The first-order chi connectivity index (χ1) is 6.34. The molecule has 0 spiro atoms. The Kier molecular flexibility index (Phi) is 2.54. The summed E-state index contributed by atoms with van der Waals surface area (Å²) in [7, 11) is 0. The van der Waals surface area contributed by atoms with Crippen molar-refractivity contribution in [3.63, 3.8) is 0 Å². The second-order valence-electron chi connectivity index (χ2n) is 2.91. The van der Waals surface area contributed by atoms with E-state index in [1.165, 1.54) is 11.8 Å². The fraction of sp³-hybridized carbons (Fsp3) is 0.500. The maximum atomic E-state index is 10.9. The van der Waals surface area contributed by atoms with Gasteiger partial charge < -0.3 is 9.73 Å². The van der Waals surface area contributed by atoms with Crippen molar-refractivity contribution in [2.24, 2.45) is 0 Å². The zero-order valence-electron chi connectivity index (χ0n) is 7.03. The lowest BCUT2D eigenvalue weighted by molar-refractivity contribution is -0.119. The van der Waals surface area contributed by atoms with Crippen LogP contribution < -0.4 is 5.32 Å². The van der Waals surface area contributed by atoms with Crippen LogP contribution in [0, 0.1) is 0 Å². The van der Waals surface area contributed by atoms with Gasteiger partial charge in [0.05, 0.1) is 6.20 Å². The van der Waals surface area contributed by atoms with Crippen LogP contribution in [0.15, 0.2) is 22.1 Å². The van der Waals surface area contributed by atoms with Gasteiger partial charge in [0.2, 0.25) is 5.91 Å². The first kappa shape index (κ1) is 8.62. The standard InChI is InChI=1S/C8H10N2O2S/c11-7-2-1-6(10-7)5-13-8-9-3-4-12-8/h3-4,6H,1-2,5H2,(H,10,11). The Hall–Kier alpha value is -0.970. The van der Waals surface area contributed by atoms with E-state index in [1.54, 1.807) is 12.5 Å². The Labute approximate surface area is 80.1 Å². The summed E-state index contributed by atoms with van der Waals surface area (Å²) in [5.41, 5.74) is 0. The molecule has 1 N–H and O–H groups in total. The van der Waals surface area contributed by atoms with Gasteiger partial charge in [-0.1, -0.05) is 11.8 Å². The van der Waals surface area contributed by atoms with Crippen molar-refractivity contribution in [1.82, 2.24) is 10.3 Å². The van der Waals surface area contributed by atoms with Crippen molar-refractivity contribution < 1.29 is 9.21 Å². The van der Waals surface area contributed by atoms with Crippen molar-refractivity contribution >= 4 is 17.7 Å². The fourth-order valence-electron chi connectivity index (χ4n) is 1.26. The van der Waals surface area contributed by atoms with E-state index in [2.05, 4.69) is 10.3 Å². The highest BCUT2D eigenvalue weighted by molar-refractivity contribution is 7.99. The lowest BCUT2D eigenvalue weighted by Gasteiger charge is -2.06. The summed E-state index contributed by atoms with van der Waals surface area (Å²) < 4.78 is 5.06. The number of aromatic nitrogens is 1. The van der Waals surface area contributed by atoms with Crippen molar-refractivity contribution in [2.75, 3.05) is 5.75 Å². The van der Waals surface area contributed by atoms with Gasteiger partial charge in [0, 0.05) is 18.2 Å². The molecule has 0 aromatic carbocycles. The molecule has 1 aliphatic rings. The minimum atomic E-state index is 0.151. The quantitative estimate of drug-likeness (QED) is 0.737. The number of carbonyl (C=O) groups excluding carboxylic acids is 1. The lowest BCUT2D eigenvalue weighted by Crippen LogP contribution is -2.27. The summed E-state index contributed by atoms with van der Waals surface area (Å²) in [6, 6.07) is 0.282. The normalized spacial score (nSPS) is 21.8. The van der Waals surface area contributed by atoms with Crippen LogP contribution in [0.1, 0.15) is 12.8 Å². The molecule has 1 aromatic heterocycles. The maximum Gasteiger partial charge on any atom is 0.255 e. The molecule has 1 aromatic rings. The lowest BCUT2D eigenvalue weighted by atomic mass is 10.2. The molecule has 1 saturated heterocycles. The van der Waals surface area contributed by atoms with Crippen LogP contribution >= 0.6 is 11.8 Å². The highest BCUT2D eigenvalue weighted by Crippen LogP contribution is 2.19. The molecule has 13 heavy (non-hydrogen) atoms. The molecule has 0 saturated carbocycles. The van der Waals surface area contributed by atoms with Crippen LogP contribution in [0.25, 0.3) is 0 Å². The first-order valence-corrected chi connectivity index (χ1v) is 5.15. The summed E-state index contributed by atoms with van der Waals surface area (Å²) in [6.07, 6.45) is 4.74. The minimum absolute atomic E-state index is 0.151. The van der Waals surface area contributed by atoms with Crippen molar-refractivity contribution in [1.29, 1.82) is 0 Å². The van der Waals surface area contributed by atoms with E-state index in [4.69, 9.17) is 4.42 Å². The highest BCUT2D eigenvalue weighted by Gasteiger charge is 2.20. The van der Waals surface area contributed by atoms with E-state index in [9.17, 15) is 4.79 Å². The summed E-state index contributed by atoms with van der Waals surface area (Å²) >= 11 is 1.53. The molecule has 70 valence electrons. The summed E-state index contributed by atoms with van der Waals surface area (Å²) in [5.74, 6) is 0.990. The van der Waals surface area contributed by atoms with Crippen LogP contribution in [0.3, 0.4) is 0 Å². The third-order valence-corrected chi connectivity index (χ3v) is 2.92. The summed E-state index contributed by atoms with van der Waals surface area (Å²) in [4.78, 5) is 14.8. The number of hydrogen-bond donors (Lipinski definition) is 1. The number of rotatable bonds is 3. The molecule has 1 unspecified atom stereocenters. The Balaban J connectivity index is 1.77. The van der Waals surface area contributed by atoms with Gasteiger partial charge in [0.1, 0.15) is 6.26 Å². The van der Waals surface area contributed by atoms with Gasteiger partial charge in [-0.3, -0.25) is 4.79 Å². The van der Waals surface area contributed by atoms with Crippen molar-refractivity contribution in [3.05, 3.63) is 12.5 Å².